The molecule has 138 valence electrons. The summed E-state index contributed by atoms with van der Waals surface area (Å²) < 4.78 is 38.0. The third-order valence-electron chi connectivity index (χ3n) is 4.76. The Balaban J connectivity index is 2.11. The van der Waals surface area contributed by atoms with Crippen molar-refractivity contribution in [3.63, 3.8) is 0 Å². The first-order chi connectivity index (χ1) is 11.6. The molecule has 1 unspecified atom stereocenters. The van der Waals surface area contributed by atoms with Crippen LogP contribution in [0.1, 0.15) is 33.1 Å². The van der Waals surface area contributed by atoms with Gasteiger partial charge in [0.25, 0.3) is 0 Å². The zero-order valence-corrected chi connectivity index (χ0v) is 15.0. The predicted molar refractivity (Wildman–Crippen MR) is 89.2 cm³/mol. The van der Waals surface area contributed by atoms with E-state index in [1.165, 1.54) is 24.0 Å². The maximum atomic E-state index is 13.0. The zero-order valence-electron chi connectivity index (χ0n) is 14.2. The second-order valence-corrected chi connectivity index (χ2v) is 8.79. The molecule has 0 saturated carbocycles. The predicted octanol–water partition coefficient (Wildman–Crippen LogP) is 2.09. The van der Waals surface area contributed by atoms with Crippen LogP contribution in [0.2, 0.25) is 0 Å². The van der Waals surface area contributed by atoms with Crippen LogP contribution in [-0.4, -0.2) is 48.1 Å². The molecule has 8 heteroatoms. The summed E-state index contributed by atoms with van der Waals surface area (Å²) in [6.07, 6.45) is 0.840. The fourth-order valence-corrected chi connectivity index (χ4v) is 4.50. The van der Waals surface area contributed by atoms with E-state index in [-0.39, 0.29) is 17.2 Å². The molecular weight excluding hydrogens is 349 g/mol. The van der Waals surface area contributed by atoms with Crippen LogP contribution in [0.5, 0.6) is 0 Å². The van der Waals surface area contributed by atoms with Gasteiger partial charge >= 0.3 is 5.97 Å². The third kappa shape index (κ3) is 4.18. The van der Waals surface area contributed by atoms with Crippen molar-refractivity contribution in [3.8, 4) is 0 Å². The van der Waals surface area contributed by atoms with E-state index in [0.29, 0.717) is 19.4 Å². The van der Waals surface area contributed by atoms with Crippen molar-refractivity contribution in [2.24, 2.45) is 5.92 Å². The van der Waals surface area contributed by atoms with Crippen molar-refractivity contribution < 1.29 is 27.5 Å². The molecule has 1 heterocycles. The summed E-state index contributed by atoms with van der Waals surface area (Å²) in [5.74, 6) is -2.50. The van der Waals surface area contributed by atoms with Gasteiger partial charge in [-0.25, -0.2) is 12.8 Å². The van der Waals surface area contributed by atoms with E-state index in [0.717, 1.165) is 12.1 Å². The summed E-state index contributed by atoms with van der Waals surface area (Å²) >= 11 is 0. The van der Waals surface area contributed by atoms with Crippen LogP contribution in [0.25, 0.3) is 0 Å². The van der Waals surface area contributed by atoms with Gasteiger partial charge in [0.2, 0.25) is 5.91 Å². The van der Waals surface area contributed by atoms with E-state index in [2.05, 4.69) is 0 Å². The van der Waals surface area contributed by atoms with Crippen molar-refractivity contribution in [1.82, 2.24) is 4.90 Å². The van der Waals surface area contributed by atoms with Gasteiger partial charge in [-0.2, -0.15) is 0 Å². The standard InChI is InChI=1S/C17H22FNO5S/c1-11(25(23,24)14-7-5-13(18)6-8-14)10-16(20)19-9-3-4-15(12(19)2)17(21)22/h5-8,11-12,15H,3-4,9-10H2,1-2H3,(H,21,22)/t11?,12-,15-/m0/s1. The van der Waals surface area contributed by atoms with Crippen LogP contribution in [0.15, 0.2) is 29.2 Å². The molecule has 1 amide bonds. The van der Waals surface area contributed by atoms with Crippen LogP contribution < -0.4 is 0 Å². The van der Waals surface area contributed by atoms with Gasteiger partial charge in [0.1, 0.15) is 5.82 Å². The Morgan fingerprint density at radius 2 is 1.92 bits per heavy atom. The second kappa shape index (κ2) is 7.51. The summed E-state index contributed by atoms with van der Waals surface area (Å²) in [4.78, 5) is 25.2. The summed E-state index contributed by atoms with van der Waals surface area (Å²) in [6.45, 7) is 3.53. The SMILES string of the molecule is CC(CC(=O)N1CCC[C@H](C(=O)O)[C@@H]1C)S(=O)(=O)c1ccc(F)cc1. The molecule has 3 atom stereocenters. The average molecular weight is 371 g/mol. The number of benzene rings is 1. The fourth-order valence-electron chi connectivity index (χ4n) is 3.15. The maximum Gasteiger partial charge on any atom is 0.308 e. The topological polar surface area (TPSA) is 91.8 Å². The number of carbonyl (C=O) groups is 2. The first-order valence-corrected chi connectivity index (χ1v) is 9.71. The van der Waals surface area contributed by atoms with E-state index in [9.17, 15) is 27.5 Å². The molecule has 1 aliphatic rings. The Bertz CT molecular complexity index is 747. The Morgan fingerprint density at radius 3 is 2.48 bits per heavy atom. The van der Waals surface area contributed by atoms with E-state index in [1.807, 2.05) is 0 Å². The van der Waals surface area contributed by atoms with E-state index < -0.39 is 38.8 Å². The Kier molecular flexibility index (Phi) is 5.82. The number of nitrogens with zero attached hydrogens (tertiary/aromatic N) is 1. The molecule has 1 aromatic carbocycles. The van der Waals surface area contributed by atoms with Crippen molar-refractivity contribution in [2.75, 3.05) is 6.54 Å². The van der Waals surface area contributed by atoms with Gasteiger partial charge in [-0.3, -0.25) is 9.59 Å². The number of sulfone groups is 1. The highest BCUT2D eigenvalue weighted by Crippen LogP contribution is 2.26. The van der Waals surface area contributed by atoms with Crippen molar-refractivity contribution in [3.05, 3.63) is 30.1 Å². The monoisotopic (exact) mass is 371 g/mol. The lowest BCUT2D eigenvalue weighted by Gasteiger charge is -2.38. The zero-order chi connectivity index (χ0) is 18.8. The summed E-state index contributed by atoms with van der Waals surface area (Å²) in [5, 5.41) is 8.24. The Morgan fingerprint density at radius 1 is 1.32 bits per heavy atom. The molecule has 0 spiro atoms. The average Bonchev–Trinajstić information content (AvgIpc) is 2.54. The van der Waals surface area contributed by atoms with Crippen molar-refractivity contribution in [2.45, 2.75) is 49.3 Å². The van der Waals surface area contributed by atoms with E-state index in [1.54, 1.807) is 6.92 Å². The van der Waals surface area contributed by atoms with Gasteiger partial charge in [0.15, 0.2) is 9.84 Å². The maximum absolute atomic E-state index is 13.0. The molecule has 0 aromatic heterocycles. The van der Waals surface area contributed by atoms with Crippen molar-refractivity contribution >= 4 is 21.7 Å². The Labute approximate surface area is 146 Å². The molecule has 1 N–H and O–H groups in total. The number of likely N-dealkylation sites (tertiary alicyclic amines) is 1. The summed E-state index contributed by atoms with van der Waals surface area (Å²) in [6, 6.07) is 4.00. The number of piperidine rings is 1. The van der Waals surface area contributed by atoms with Crippen LogP contribution in [-0.2, 0) is 19.4 Å². The molecule has 0 radical (unpaired) electrons. The lowest BCUT2D eigenvalue weighted by Crippen LogP contribution is -2.49. The Hall–Kier alpha value is -1.96. The first-order valence-electron chi connectivity index (χ1n) is 8.16. The largest absolute Gasteiger partial charge is 0.481 e. The summed E-state index contributed by atoms with van der Waals surface area (Å²) in [5.41, 5.74) is 0. The lowest BCUT2D eigenvalue weighted by atomic mass is 9.90. The molecular formula is C17H22FNO5S. The number of hydrogen-bond acceptors (Lipinski definition) is 4. The molecule has 0 bridgehead atoms. The van der Waals surface area contributed by atoms with Crippen LogP contribution >= 0.6 is 0 Å². The number of carboxylic acid groups (broad SMARTS) is 1. The number of carboxylic acids is 1. The fraction of sp³-hybridized carbons (Fsp3) is 0.529. The van der Waals surface area contributed by atoms with Gasteiger partial charge in [-0.05, 0) is 51.0 Å². The molecule has 6 nitrogen and oxygen atoms in total. The number of amides is 1. The number of aliphatic carboxylic acids is 1. The number of halogens is 1. The van der Waals surface area contributed by atoms with E-state index >= 15 is 0 Å². The van der Waals surface area contributed by atoms with Gasteiger partial charge in [0.05, 0.1) is 16.1 Å². The smallest absolute Gasteiger partial charge is 0.308 e. The minimum atomic E-state index is -3.77. The van der Waals surface area contributed by atoms with Gasteiger partial charge < -0.3 is 10.0 Å². The highest BCUT2D eigenvalue weighted by molar-refractivity contribution is 7.92. The van der Waals surface area contributed by atoms with Gasteiger partial charge in [0, 0.05) is 19.0 Å². The highest BCUT2D eigenvalue weighted by Gasteiger charge is 2.36. The normalized spacial score (nSPS) is 22.4. The minimum Gasteiger partial charge on any atom is -0.481 e. The summed E-state index contributed by atoms with van der Waals surface area (Å²) in [7, 11) is -3.77. The minimum absolute atomic E-state index is 0.0377. The van der Waals surface area contributed by atoms with Crippen LogP contribution in [0.4, 0.5) is 4.39 Å². The number of rotatable bonds is 5. The van der Waals surface area contributed by atoms with Crippen molar-refractivity contribution in [1.29, 1.82) is 0 Å². The van der Waals surface area contributed by atoms with Crippen LogP contribution in [0.3, 0.4) is 0 Å². The molecule has 2 rings (SSSR count). The molecule has 0 aliphatic carbocycles. The second-order valence-electron chi connectivity index (χ2n) is 6.43. The molecule has 1 fully saturated rings. The molecule has 1 saturated heterocycles. The first kappa shape index (κ1) is 19.4. The third-order valence-corrected chi connectivity index (χ3v) is 6.91. The number of hydrogen-bond donors (Lipinski definition) is 1. The highest BCUT2D eigenvalue weighted by atomic mass is 32.2. The molecule has 1 aliphatic heterocycles. The number of carbonyl (C=O) groups excluding carboxylic acids is 1. The van der Waals surface area contributed by atoms with Gasteiger partial charge in [-0.15, -0.1) is 0 Å². The van der Waals surface area contributed by atoms with Crippen LogP contribution in [0, 0.1) is 11.7 Å². The van der Waals surface area contributed by atoms with Gasteiger partial charge in [-0.1, -0.05) is 0 Å². The molecule has 1 aromatic rings. The lowest BCUT2D eigenvalue weighted by molar-refractivity contribution is -0.149. The van der Waals surface area contributed by atoms with E-state index in [4.69, 9.17) is 0 Å². The quantitative estimate of drug-likeness (QED) is 0.800. The molecule has 25 heavy (non-hydrogen) atoms.